The number of carbonyl (C=O) groups is 1. The fraction of sp³-hybridized carbons (Fsp3) is 0.500. The summed E-state index contributed by atoms with van der Waals surface area (Å²) >= 11 is 5.70. The van der Waals surface area contributed by atoms with Crippen molar-refractivity contribution < 1.29 is 9.18 Å². The van der Waals surface area contributed by atoms with Gasteiger partial charge < -0.3 is 15.1 Å². The number of rotatable bonds is 5. The van der Waals surface area contributed by atoms with Gasteiger partial charge in [0.25, 0.3) is 0 Å². The molecular weight excluding hydrogens is 446 g/mol. The molecule has 24 heavy (non-hydrogen) atoms. The summed E-state index contributed by atoms with van der Waals surface area (Å²) in [5, 5.41) is 3.43. The molecule has 1 aromatic rings. The van der Waals surface area contributed by atoms with E-state index in [2.05, 4.69) is 10.3 Å². The van der Waals surface area contributed by atoms with Gasteiger partial charge in [0.1, 0.15) is 12.4 Å². The van der Waals surface area contributed by atoms with Crippen LogP contribution in [-0.2, 0) is 11.3 Å². The molecular formula is C16H23ClFIN4O. The molecule has 1 saturated carbocycles. The zero-order chi connectivity index (χ0) is 17.0. The minimum atomic E-state index is -0.436. The Kier molecular flexibility index (Phi) is 8.21. The van der Waals surface area contributed by atoms with Crippen molar-refractivity contribution >= 4 is 47.4 Å². The summed E-state index contributed by atoms with van der Waals surface area (Å²) in [7, 11) is 5.26. The summed E-state index contributed by atoms with van der Waals surface area (Å²) in [4.78, 5) is 19.5. The number of hydrogen-bond acceptors (Lipinski definition) is 2. The molecule has 0 aromatic heterocycles. The van der Waals surface area contributed by atoms with Crippen molar-refractivity contribution in [2.45, 2.75) is 25.4 Å². The van der Waals surface area contributed by atoms with Crippen molar-refractivity contribution in [3.8, 4) is 0 Å². The molecule has 1 aliphatic rings. The number of aliphatic imine (C=N–C) groups is 1. The van der Waals surface area contributed by atoms with Crippen molar-refractivity contribution in [2.75, 3.05) is 27.7 Å². The number of hydrogen-bond donors (Lipinski definition) is 1. The first-order valence-electron chi connectivity index (χ1n) is 7.53. The number of benzene rings is 1. The Morgan fingerprint density at radius 3 is 2.58 bits per heavy atom. The standard InChI is InChI=1S/C16H22ClFN4O.HI/c1-21(2)15(23)9-19-16(20-12-5-6-12)22(3)10-11-4-7-13(17)14(18)8-11;/h4,7-8,12H,5-6,9-10H2,1-3H3,(H,19,20);1H. The predicted octanol–water partition coefficient (Wildman–Crippen LogP) is 2.73. The second-order valence-electron chi connectivity index (χ2n) is 5.95. The van der Waals surface area contributed by atoms with Crippen molar-refractivity contribution in [1.29, 1.82) is 0 Å². The molecule has 0 saturated heterocycles. The van der Waals surface area contributed by atoms with Crippen LogP contribution in [0.1, 0.15) is 18.4 Å². The van der Waals surface area contributed by atoms with Crippen LogP contribution in [-0.4, -0.2) is 55.4 Å². The van der Waals surface area contributed by atoms with E-state index < -0.39 is 5.82 Å². The van der Waals surface area contributed by atoms with Crippen LogP contribution < -0.4 is 5.32 Å². The maximum Gasteiger partial charge on any atom is 0.243 e. The largest absolute Gasteiger partial charge is 0.353 e. The molecule has 1 N–H and O–H groups in total. The Balaban J connectivity index is 0.00000288. The van der Waals surface area contributed by atoms with Gasteiger partial charge in [0.2, 0.25) is 5.91 Å². The van der Waals surface area contributed by atoms with E-state index in [4.69, 9.17) is 11.6 Å². The van der Waals surface area contributed by atoms with Gasteiger partial charge in [0.15, 0.2) is 5.96 Å². The summed E-state index contributed by atoms with van der Waals surface area (Å²) in [6, 6.07) is 5.15. The monoisotopic (exact) mass is 468 g/mol. The SMILES string of the molecule is CN(C)C(=O)CN=C(NC1CC1)N(C)Cc1ccc(Cl)c(F)c1.I. The van der Waals surface area contributed by atoms with Gasteiger partial charge in [-0.2, -0.15) is 0 Å². The van der Waals surface area contributed by atoms with Crippen LogP contribution in [0.15, 0.2) is 23.2 Å². The summed E-state index contributed by atoms with van der Waals surface area (Å²) < 4.78 is 13.5. The van der Waals surface area contributed by atoms with E-state index in [0.29, 0.717) is 18.5 Å². The third-order valence-corrected chi connectivity index (χ3v) is 3.85. The first-order chi connectivity index (χ1) is 10.9. The first kappa shape index (κ1) is 21.0. The molecule has 1 aliphatic carbocycles. The van der Waals surface area contributed by atoms with Crippen molar-refractivity contribution in [3.05, 3.63) is 34.6 Å². The lowest BCUT2D eigenvalue weighted by molar-refractivity contribution is -0.127. The Hall–Kier alpha value is -1.09. The maximum atomic E-state index is 13.5. The van der Waals surface area contributed by atoms with E-state index >= 15 is 0 Å². The highest BCUT2D eigenvalue weighted by Crippen LogP contribution is 2.20. The minimum Gasteiger partial charge on any atom is -0.353 e. The van der Waals surface area contributed by atoms with E-state index in [9.17, 15) is 9.18 Å². The van der Waals surface area contributed by atoms with Crippen LogP contribution >= 0.6 is 35.6 Å². The van der Waals surface area contributed by atoms with Gasteiger partial charge in [-0.1, -0.05) is 17.7 Å². The Labute approximate surface area is 164 Å². The highest BCUT2D eigenvalue weighted by molar-refractivity contribution is 14.0. The molecule has 0 atom stereocenters. The molecule has 1 fully saturated rings. The second-order valence-corrected chi connectivity index (χ2v) is 6.36. The summed E-state index contributed by atoms with van der Waals surface area (Å²) in [5.41, 5.74) is 0.790. The van der Waals surface area contributed by atoms with Crippen LogP contribution in [0.4, 0.5) is 4.39 Å². The van der Waals surface area contributed by atoms with Crippen LogP contribution in [0, 0.1) is 5.82 Å². The van der Waals surface area contributed by atoms with Crippen LogP contribution in [0.3, 0.4) is 0 Å². The molecule has 2 rings (SSSR count). The van der Waals surface area contributed by atoms with Gasteiger partial charge in [-0.3, -0.25) is 4.79 Å². The zero-order valence-electron chi connectivity index (χ0n) is 14.1. The minimum absolute atomic E-state index is 0. The van der Waals surface area contributed by atoms with Gasteiger partial charge in [0, 0.05) is 33.7 Å². The van der Waals surface area contributed by atoms with Gasteiger partial charge >= 0.3 is 0 Å². The molecule has 0 spiro atoms. The molecule has 0 bridgehead atoms. The van der Waals surface area contributed by atoms with Crippen LogP contribution in [0.5, 0.6) is 0 Å². The fourth-order valence-electron chi connectivity index (χ4n) is 1.96. The number of halogens is 3. The van der Waals surface area contributed by atoms with E-state index in [1.807, 2.05) is 11.9 Å². The normalized spacial score (nSPS) is 14.0. The molecule has 1 amide bonds. The lowest BCUT2D eigenvalue weighted by atomic mass is 10.2. The smallest absolute Gasteiger partial charge is 0.243 e. The van der Waals surface area contributed by atoms with E-state index in [-0.39, 0.29) is 41.5 Å². The molecule has 0 heterocycles. The number of nitrogens with zero attached hydrogens (tertiary/aromatic N) is 3. The molecule has 0 radical (unpaired) electrons. The lowest BCUT2D eigenvalue weighted by Gasteiger charge is -2.23. The van der Waals surface area contributed by atoms with Crippen molar-refractivity contribution in [3.63, 3.8) is 0 Å². The maximum absolute atomic E-state index is 13.5. The zero-order valence-corrected chi connectivity index (χ0v) is 17.1. The topological polar surface area (TPSA) is 47.9 Å². The van der Waals surface area contributed by atoms with Crippen molar-refractivity contribution in [1.82, 2.24) is 15.1 Å². The van der Waals surface area contributed by atoms with Gasteiger partial charge in [0.05, 0.1) is 5.02 Å². The van der Waals surface area contributed by atoms with Gasteiger partial charge in [-0.15, -0.1) is 24.0 Å². The molecule has 8 heteroatoms. The number of nitrogens with one attached hydrogen (secondary N) is 1. The molecule has 0 unspecified atom stereocenters. The van der Waals surface area contributed by atoms with Gasteiger partial charge in [-0.05, 0) is 30.5 Å². The number of amides is 1. The molecule has 0 aliphatic heterocycles. The van der Waals surface area contributed by atoms with E-state index in [1.165, 1.54) is 11.0 Å². The molecule has 1 aromatic carbocycles. The van der Waals surface area contributed by atoms with Crippen molar-refractivity contribution in [2.24, 2.45) is 4.99 Å². The average molecular weight is 469 g/mol. The van der Waals surface area contributed by atoms with Gasteiger partial charge in [-0.25, -0.2) is 9.38 Å². The number of guanidine groups is 1. The second kappa shape index (κ2) is 9.41. The number of carbonyl (C=O) groups excluding carboxylic acids is 1. The van der Waals surface area contributed by atoms with E-state index in [1.54, 1.807) is 26.2 Å². The Morgan fingerprint density at radius 1 is 1.38 bits per heavy atom. The average Bonchev–Trinajstić information content (AvgIpc) is 3.30. The summed E-state index contributed by atoms with van der Waals surface area (Å²) in [6.45, 7) is 0.560. The lowest BCUT2D eigenvalue weighted by Crippen LogP contribution is -2.40. The summed E-state index contributed by atoms with van der Waals surface area (Å²) in [5.74, 6) is 0.151. The number of likely N-dealkylation sites (N-methyl/N-ethyl adjacent to an activating group) is 1. The highest BCUT2D eigenvalue weighted by Gasteiger charge is 2.24. The quantitative estimate of drug-likeness (QED) is 0.411. The Morgan fingerprint density at radius 2 is 2.04 bits per heavy atom. The highest BCUT2D eigenvalue weighted by atomic mass is 127. The first-order valence-corrected chi connectivity index (χ1v) is 7.91. The molecule has 5 nitrogen and oxygen atoms in total. The fourth-order valence-corrected chi connectivity index (χ4v) is 2.08. The van der Waals surface area contributed by atoms with E-state index in [0.717, 1.165) is 18.4 Å². The summed E-state index contributed by atoms with van der Waals surface area (Å²) in [6.07, 6.45) is 2.20. The van der Waals surface area contributed by atoms with Crippen LogP contribution in [0.2, 0.25) is 5.02 Å². The van der Waals surface area contributed by atoms with Crippen LogP contribution in [0.25, 0.3) is 0 Å². The molecule has 134 valence electrons. The Bertz CT molecular complexity index is 608. The third-order valence-electron chi connectivity index (χ3n) is 3.54. The predicted molar refractivity (Wildman–Crippen MR) is 105 cm³/mol. The third kappa shape index (κ3) is 6.43.